The Morgan fingerprint density at radius 2 is 1.83 bits per heavy atom. The molecule has 0 saturated heterocycles. The maximum atomic E-state index is 9.26. The summed E-state index contributed by atoms with van der Waals surface area (Å²) in [5, 5.41) is 17.0. The van der Waals surface area contributed by atoms with Crippen LogP contribution in [0.5, 0.6) is 0 Å². The van der Waals surface area contributed by atoms with E-state index in [1.807, 2.05) is 30.3 Å². The molecule has 1 aromatic heterocycles. The molecule has 0 aliphatic heterocycles. The van der Waals surface area contributed by atoms with Gasteiger partial charge in [-0.2, -0.15) is 0 Å². The molecular weight excluding hydrogens is 288 g/mol. The van der Waals surface area contributed by atoms with Crippen LogP contribution in [0, 0.1) is 6.92 Å². The van der Waals surface area contributed by atoms with E-state index in [1.165, 1.54) is 5.56 Å². The number of hydrogen-bond acceptors (Lipinski definition) is 4. The lowest BCUT2D eigenvalue weighted by Crippen LogP contribution is -2.15. The van der Waals surface area contributed by atoms with Crippen LogP contribution < -0.4 is 5.32 Å². The number of nitrogens with one attached hydrogen (secondary N) is 1. The Kier molecular flexibility index (Phi) is 4.74. The van der Waals surface area contributed by atoms with Gasteiger partial charge in [0.25, 0.3) is 0 Å². The predicted molar refractivity (Wildman–Crippen MR) is 90.4 cm³/mol. The van der Waals surface area contributed by atoms with Crippen molar-refractivity contribution in [3.05, 3.63) is 83.2 Å². The van der Waals surface area contributed by atoms with E-state index < -0.39 is 0 Å². The number of rotatable bonds is 6. The van der Waals surface area contributed by atoms with E-state index in [2.05, 4.69) is 41.7 Å². The van der Waals surface area contributed by atoms with Gasteiger partial charge < -0.3 is 14.9 Å². The van der Waals surface area contributed by atoms with Gasteiger partial charge in [-0.05, 0) is 24.1 Å². The molecule has 3 aromatic rings. The average Bonchev–Trinajstić information content (AvgIpc) is 3.03. The molecule has 1 unspecified atom stereocenters. The molecule has 0 radical (unpaired) electrons. The number of aliphatic hydroxyl groups is 1. The van der Waals surface area contributed by atoms with Crippen LogP contribution in [-0.4, -0.2) is 16.9 Å². The highest BCUT2D eigenvalue weighted by atomic mass is 16.5. The third-order valence-electron chi connectivity index (χ3n) is 3.91. The number of aromatic nitrogens is 1. The van der Waals surface area contributed by atoms with Gasteiger partial charge in [-0.3, -0.25) is 0 Å². The normalized spacial score (nSPS) is 12.1. The molecule has 23 heavy (non-hydrogen) atoms. The second-order valence-corrected chi connectivity index (χ2v) is 5.50. The summed E-state index contributed by atoms with van der Waals surface area (Å²) in [4.78, 5) is 0. The van der Waals surface area contributed by atoms with Crippen LogP contribution in [-0.2, 0) is 6.42 Å². The zero-order valence-corrected chi connectivity index (χ0v) is 13.1. The van der Waals surface area contributed by atoms with Gasteiger partial charge in [-0.1, -0.05) is 53.7 Å². The van der Waals surface area contributed by atoms with Crippen LogP contribution in [0.1, 0.15) is 28.4 Å². The molecule has 4 nitrogen and oxygen atoms in total. The Bertz CT molecular complexity index is 753. The fourth-order valence-corrected chi connectivity index (χ4v) is 2.66. The Morgan fingerprint density at radius 1 is 1.09 bits per heavy atom. The number of hydrogen-bond donors (Lipinski definition) is 2. The molecular formula is C19H20N2O2. The van der Waals surface area contributed by atoms with E-state index in [-0.39, 0.29) is 12.6 Å². The van der Waals surface area contributed by atoms with Gasteiger partial charge in [-0.25, -0.2) is 0 Å². The van der Waals surface area contributed by atoms with E-state index in [0.717, 1.165) is 22.5 Å². The zero-order chi connectivity index (χ0) is 16.1. The molecule has 0 fully saturated rings. The van der Waals surface area contributed by atoms with Crippen molar-refractivity contribution in [2.75, 3.05) is 11.9 Å². The van der Waals surface area contributed by atoms with Crippen molar-refractivity contribution in [2.45, 2.75) is 19.4 Å². The van der Waals surface area contributed by atoms with Gasteiger partial charge in [-0.15, -0.1) is 0 Å². The Balaban J connectivity index is 2.01. The fraction of sp³-hybridized carbons (Fsp3) is 0.211. The summed E-state index contributed by atoms with van der Waals surface area (Å²) in [5.74, 6) is 0. The van der Waals surface area contributed by atoms with E-state index in [9.17, 15) is 5.11 Å². The molecule has 1 atom stereocenters. The second kappa shape index (κ2) is 7.11. The largest absolute Gasteiger partial charge is 0.396 e. The summed E-state index contributed by atoms with van der Waals surface area (Å²) in [6.07, 6.45) is 2.14. The van der Waals surface area contributed by atoms with Gasteiger partial charge in [0, 0.05) is 24.3 Å². The van der Waals surface area contributed by atoms with Crippen molar-refractivity contribution in [1.82, 2.24) is 5.16 Å². The molecule has 0 aliphatic rings. The van der Waals surface area contributed by atoms with Gasteiger partial charge in [0.05, 0.1) is 6.04 Å². The quantitative estimate of drug-likeness (QED) is 0.728. The molecule has 0 aliphatic carbocycles. The number of nitrogens with zero attached hydrogens (tertiary/aromatic N) is 1. The summed E-state index contributed by atoms with van der Waals surface area (Å²) >= 11 is 0. The highest BCUT2D eigenvalue weighted by molar-refractivity contribution is 5.54. The predicted octanol–water partition coefficient (Wildman–Crippen LogP) is 3.72. The van der Waals surface area contributed by atoms with Crippen LogP contribution in [0.25, 0.3) is 0 Å². The molecule has 4 heteroatoms. The van der Waals surface area contributed by atoms with Crippen molar-refractivity contribution >= 4 is 5.69 Å². The van der Waals surface area contributed by atoms with Gasteiger partial charge in [0.1, 0.15) is 12.0 Å². The number of aliphatic hydroxyl groups excluding tert-OH is 1. The molecule has 0 spiro atoms. The molecule has 0 bridgehead atoms. The van der Waals surface area contributed by atoms with Crippen LogP contribution in [0.3, 0.4) is 0 Å². The van der Waals surface area contributed by atoms with Crippen molar-refractivity contribution in [1.29, 1.82) is 0 Å². The summed E-state index contributed by atoms with van der Waals surface area (Å²) in [5.41, 5.74) is 5.06. The highest BCUT2D eigenvalue weighted by Gasteiger charge is 2.21. The standard InChI is InChI=1S/C19H20N2O2/c1-14-7-5-6-10-17(14)20-18(15-8-3-2-4-9-15)19-16(11-12-22)13-23-21-19/h2-10,13,18,20,22H,11-12H2,1H3. The molecule has 0 saturated carbocycles. The zero-order valence-electron chi connectivity index (χ0n) is 13.1. The lowest BCUT2D eigenvalue weighted by Gasteiger charge is -2.20. The van der Waals surface area contributed by atoms with Crippen LogP contribution >= 0.6 is 0 Å². The lowest BCUT2D eigenvalue weighted by molar-refractivity contribution is 0.299. The minimum absolute atomic E-state index is 0.0695. The van der Waals surface area contributed by atoms with Crippen molar-refractivity contribution in [2.24, 2.45) is 0 Å². The SMILES string of the molecule is Cc1ccccc1NC(c1ccccc1)c1nocc1CCO. The minimum atomic E-state index is -0.127. The highest BCUT2D eigenvalue weighted by Crippen LogP contribution is 2.29. The van der Waals surface area contributed by atoms with Crippen LogP contribution in [0.4, 0.5) is 5.69 Å². The topological polar surface area (TPSA) is 58.3 Å². The number of aryl methyl sites for hydroxylation is 1. The molecule has 3 rings (SSSR count). The molecule has 2 aromatic carbocycles. The first-order valence-corrected chi connectivity index (χ1v) is 7.70. The summed E-state index contributed by atoms with van der Waals surface area (Å²) in [7, 11) is 0. The first-order chi connectivity index (χ1) is 11.3. The van der Waals surface area contributed by atoms with Crippen molar-refractivity contribution in [3.8, 4) is 0 Å². The fourth-order valence-electron chi connectivity index (χ4n) is 2.66. The molecule has 118 valence electrons. The maximum absolute atomic E-state index is 9.26. The Hall–Kier alpha value is -2.59. The Labute approximate surface area is 135 Å². The smallest absolute Gasteiger partial charge is 0.127 e. The molecule has 2 N–H and O–H groups in total. The first-order valence-electron chi connectivity index (χ1n) is 7.70. The van der Waals surface area contributed by atoms with Crippen LogP contribution in [0.15, 0.2) is 65.4 Å². The third-order valence-corrected chi connectivity index (χ3v) is 3.91. The number of benzene rings is 2. The van der Waals surface area contributed by atoms with E-state index in [0.29, 0.717) is 6.42 Å². The minimum Gasteiger partial charge on any atom is -0.396 e. The third kappa shape index (κ3) is 3.43. The van der Waals surface area contributed by atoms with E-state index in [4.69, 9.17) is 4.52 Å². The van der Waals surface area contributed by atoms with Crippen LogP contribution in [0.2, 0.25) is 0 Å². The lowest BCUT2D eigenvalue weighted by atomic mass is 9.99. The average molecular weight is 308 g/mol. The summed E-state index contributed by atoms with van der Waals surface area (Å²) < 4.78 is 5.17. The van der Waals surface area contributed by atoms with E-state index >= 15 is 0 Å². The van der Waals surface area contributed by atoms with Gasteiger partial charge >= 0.3 is 0 Å². The van der Waals surface area contributed by atoms with Crippen molar-refractivity contribution < 1.29 is 9.63 Å². The number of para-hydroxylation sites is 1. The maximum Gasteiger partial charge on any atom is 0.127 e. The summed E-state index contributed by atoms with van der Waals surface area (Å²) in [6, 6.07) is 18.2. The Morgan fingerprint density at radius 3 is 2.57 bits per heavy atom. The molecule has 1 heterocycles. The van der Waals surface area contributed by atoms with Crippen molar-refractivity contribution in [3.63, 3.8) is 0 Å². The monoisotopic (exact) mass is 308 g/mol. The number of anilines is 1. The van der Waals surface area contributed by atoms with Gasteiger partial charge in [0.2, 0.25) is 0 Å². The van der Waals surface area contributed by atoms with E-state index in [1.54, 1.807) is 6.26 Å². The second-order valence-electron chi connectivity index (χ2n) is 5.50. The van der Waals surface area contributed by atoms with Gasteiger partial charge in [0.15, 0.2) is 0 Å². The summed E-state index contributed by atoms with van der Waals surface area (Å²) in [6.45, 7) is 2.14. The molecule has 0 amide bonds. The first kappa shape index (κ1) is 15.3.